The molecule has 2 heterocycles. The van der Waals surface area contributed by atoms with Gasteiger partial charge in [0.05, 0.1) is 20.4 Å². The molecule has 0 fully saturated rings. The molecule has 80 valence electrons. The molecular weight excluding hydrogens is 387 g/mol. The number of rotatable bonds is 2. The van der Waals surface area contributed by atoms with Gasteiger partial charge < -0.3 is 4.42 Å². The van der Waals surface area contributed by atoms with Crippen LogP contribution in [0.15, 0.2) is 31.3 Å². The van der Waals surface area contributed by atoms with Gasteiger partial charge in [-0.1, -0.05) is 11.6 Å². The van der Waals surface area contributed by atoms with Crippen LogP contribution < -0.4 is 0 Å². The van der Waals surface area contributed by atoms with Gasteiger partial charge >= 0.3 is 0 Å². The Morgan fingerprint density at radius 1 is 1.40 bits per heavy atom. The van der Waals surface area contributed by atoms with Gasteiger partial charge in [-0.2, -0.15) is 0 Å². The molecule has 6 heteroatoms. The van der Waals surface area contributed by atoms with Crippen LogP contribution in [-0.4, -0.2) is 0 Å². The molecule has 0 radical (unpaired) electrons. The summed E-state index contributed by atoms with van der Waals surface area (Å²) in [6, 6.07) is 3.69. The first kappa shape index (κ1) is 12.0. The first-order valence-corrected chi connectivity index (χ1v) is 7.13. The third-order valence-electron chi connectivity index (χ3n) is 1.83. The number of hydrogen-bond donors (Lipinski definition) is 0. The summed E-state index contributed by atoms with van der Waals surface area (Å²) in [5.41, 5.74) is 0.905. The van der Waals surface area contributed by atoms with Gasteiger partial charge in [0.25, 0.3) is 0 Å². The molecule has 0 aliphatic heterocycles. The van der Waals surface area contributed by atoms with Crippen molar-refractivity contribution in [1.82, 2.24) is 0 Å². The maximum atomic E-state index is 6.30. The molecular formula is C9H4Br2Cl2OS. The van der Waals surface area contributed by atoms with Crippen molar-refractivity contribution in [1.29, 1.82) is 0 Å². The molecule has 0 aliphatic carbocycles. The smallest absolute Gasteiger partial charge is 0.173 e. The second-order valence-electron chi connectivity index (χ2n) is 2.78. The second kappa shape index (κ2) is 4.80. The predicted molar refractivity (Wildman–Crippen MR) is 71.1 cm³/mol. The average Bonchev–Trinajstić information content (AvgIpc) is 2.74. The fraction of sp³-hybridized carbons (Fsp3) is 0.111. The van der Waals surface area contributed by atoms with E-state index < -0.39 is 0 Å². The number of hydrogen-bond acceptors (Lipinski definition) is 2. The molecule has 0 spiro atoms. The minimum Gasteiger partial charge on any atom is -0.457 e. The molecule has 1 nitrogen and oxygen atoms in total. The average molecular weight is 391 g/mol. The molecule has 0 saturated heterocycles. The van der Waals surface area contributed by atoms with E-state index >= 15 is 0 Å². The Labute approximate surface area is 118 Å². The van der Waals surface area contributed by atoms with Crippen molar-refractivity contribution in [2.45, 2.75) is 5.38 Å². The topological polar surface area (TPSA) is 13.1 Å². The van der Waals surface area contributed by atoms with Crippen LogP contribution in [0.25, 0.3) is 0 Å². The van der Waals surface area contributed by atoms with E-state index in [9.17, 15) is 0 Å². The Kier molecular flexibility index (Phi) is 3.83. The zero-order chi connectivity index (χ0) is 11.0. The minimum absolute atomic E-state index is 0.244. The summed E-state index contributed by atoms with van der Waals surface area (Å²) in [6.45, 7) is 0. The van der Waals surface area contributed by atoms with Gasteiger partial charge in [0.2, 0.25) is 0 Å². The summed E-state index contributed by atoms with van der Waals surface area (Å²) in [7, 11) is 0. The summed E-state index contributed by atoms with van der Waals surface area (Å²) in [6.07, 6.45) is 1.60. The van der Waals surface area contributed by atoms with E-state index in [-0.39, 0.29) is 5.38 Å². The molecule has 1 unspecified atom stereocenters. The first-order chi connectivity index (χ1) is 7.09. The van der Waals surface area contributed by atoms with Crippen molar-refractivity contribution in [3.8, 4) is 0 Å². The monoisotopic (exact) mass is 388 g/mol. The summed E-state index contributed by atoms with van der Waals surface area (Å²) in [5, 5.41) is 0.437. The predicted octanol–water partition coefficient (Wildman–Crippen LogP) is 5.85. The molecule has 0 bridgehead atoms. The summed E-state index contributed by atoms with van der Waals surface area (Å²) < 4.78 is 6.68. The molecule has 1 atom stereocenters. The van der Waals surface area contributed by atoms with E-state index in [4.69, 9.17) is 27.6 Å². The fourth-order valence-corrected chi connectivity index (χ4v) is 3.84. The molecule has 0 saturated carbocycles. The van der Waals surface area contributed by atoms with Gasteiger partial charge in [0, 0.05) is 10.4 Å². The van der Waals surface area contributed by atoms with Crippen LogP contribution in [-0.2, 0) is 0 Å². The van der Waals surface area contributed by atoms with Gasteiger partial charge in [-0.3, -0.25) is 0 Å². The standard InChI is InChI=1S/C9H4Br2Cl2OS/c10-8-4(1-2-14-8)7(13)6-3-5(12)9(11)15-6/h1-3,7H. The van der Waals surface area contributed by atoms with Gasteiger partial charge in [-0.15, -0.1) is 22.9 Å². The summed E-state index contributed by atoms with van der Waals surface area (Å²) >= 11 is 20.4. The van der Waals surface area contributed by atoms with Crippen LogP contribution in [0.4, 0.5) is 0 Å². The van der Waals surface area contributed by atoms with Crippen LogP contribution in [0.2, 0.25) is 5.02 Å². The van der Waals surface area contributed by atoms with E-state index in [0.29, 0.717) is 9.69 Å². The zero-order valence-corrected chi connectivity index (χ0v) is 12.6. The summed E-state index contributed by atoms with van der Waals surface area (Å²) in [5.74, 6) is 0. The molecule has 2 aromatic heterocycles. The molecule has 0 N–H and O–H groups in total. The summed E-state index contributed by atoms with van der Waals surface area (Å²) in [4.78, 5) is 0.982. The number of halogens is 4. The van der Waals surface area contributed by atoms with Crippen molar-refractivity contribution in [2.75, 3.05) is 0 Å². The van der Waals surface area contributed by atoms with E-state index in [1.807, 2.05) is 12.1 Å². The highest BCUT2D eigenvalue weighted by Crippen LogP contribution is 2.42. The molecule has 2 rings (SSSR count). The fourth-order valence-electron chi connectivity index (χ4n) is 1.13. The Balaban J connectivity index is 2.36. The van der Waals surface area contributed by atoms with E-state index in [1.165, 1.54) is 11.3 Å². The Bertz CT molecular complexity index is 461. The van der Waals surface area contributed by atoms with Crippen molar-refractivity contribution >= 4 is 66.4 Å². The van der Waals surface area contributed by atoms with Crippen molar-refractivity contribution in [3.63, 3.8) is 0 Å². The lowest BCUT2D eigenvalue weighted by Gasteiger charge is -2.03. The number of alkyl halides is 1. The maximum absolute atomic E-state index is 6.30. The highest BCUT2D eigenvalue weighted by molar-refractivity contribution is 9.11. The van der Waals surface area contributed by atoms with E-state index in [0.717, 1.165) is 14.2 Å². The number of furan rings is 1. The normalized spacial score (nSPS) is 13.1. The quantitative estimate of drug-likeness (QED) is 0.586. The highest BCUT2D eigenvalue weighted by atomic mass is 79.9. The maximum Gasteiger partial charge on any atom is 0.173 e. The van der Waals surface area contributed by atoms with Gasteiger partial charge in [-0.25, -0.2) is 0 Å². The van der Waals surface area contributed by atoms with Crippen LogP contribution in [0.3, 0.4) is 0 Å². The third kappa shape index (κ3) is 2.44. The molecule has 15 heavy (non-hydrogen) atoms. The van der Waals surface area contributed by atoms with Crippen molar-refractivity contribution in [3.05, 3.63) is 42.3 Å². The van der Waals surface area contributed by atoms with Crippen molar-refractivity contribution < 1.29 is 4.42 Å². The SMILES string of the molecule is Clc1cc(C(Cl)c2ccoc2Br)sc1Br. The largest absolute Gasteiger partial charge is 0.457 e. The lowest BCUT2D eigenvalue weighted by atomic mass is 10.2. The van der Waals surface area contributed by atoms with Crippen LogP contribution >= 0.6 is 66.4 Å². The Morgan fingerprint density at radius 3 is 2.60 bits per heavy atom. The van der Waals surface area contributed by atoms with Crippen LogP contribution in [0, 0.1) is 0 Å². The molecule has 0 amide bonds. The molecule has 0 aliphatic rings. The molecule has 0 aromatic carbocycles. The second-order valence-corrected chi connectivity index (χ2v) is 6.75. The zero-order valence-electron chi connectivity index (χ0n) is 7.14. The Hall–Kier alpha value is 0.520. The van der Waals surface area contributed by atoms with Crippen LogP contribution in [0.1, 0.15) is 15.8 Å². The highest BCUT2D eigenvalue weighted by Gasteiger charge is 2.19. The van der Waals surface area contributed by atoms with E-state index in [2.05, 4.69) is 31.9 Å². The third-order valence-corrected chi connectivity index (χ3v) is 5.62. The lowest BCUT2D eigenvalue weighted by Crippen LogP contribution is -1.87. The minimum atomic E-state index is -0.244. The van der Waals surface area contributed by atoms with Crippen LogP contribution in [0.5, 0.6) is 0 Å². The first-order valence-electron chi connectivity index (χ1n) is 3.91. The Morgan fingerprint density at radius 2 is 2.13 bits per heavy atom. The molecule has 2 aromatic rings. The number of thiophene rings is 1. The van der Waals surface area contributed by atoms with Gasteiger partial charge in [0.15, 0.2) is 4.67 Å². The lowest BCUT2D eigenvalue weighted by molar-refractivity contribution is 0.537. The van der Waals surface area contributed by atoms with Gasteiger partial charge in [-0.05, 0) is 44.0 Å². The van der Waals surface area contributed by atoms with Gasteiger partial charge in [0.1, 0.15) is 0 Å². The van der Waals surface area contributed by atoms with E-state index in [1.54, 1.807) is 6.26 Å². The van der Waals surface area contributed by atoms with Crippen molar-refractivity contribution in [2.24, 2.45) is 0 Å².